The van der Waals surface area contributed by atoms with E-state index in [2.05, 4.69) is 6.55 Å². The molecular weight excluding hydrogens is 159 g/mol. The molecule has 0 aliphatic carbocycles. The summed E-state index contributed by atoms with van der Waals surface area (Å²) in [5.74, 6) is 0. The van der Waals surface area contributed by atoms with Crippen molar-refractivity contribution < 1.29 is 0 Å². The number of rotatable bonds is 1. The molecule has 0 aromatic heterocycles. The van der Waals surface area contributed by atoms with Crippen molar-refractivity contribution in [3.8, 4) is 0 Å². The Morgan fingerprint density at radius 2 is 1.88 bits per heavy atom. The summed E-state index contributed by atoms with van der Waals surface area (Å²) < 4.78 is -0.0174. The van der Waals surface area contributed by atoms with Crippen LogP contribution in [0.25, 0.3) is 0 Å². The molecule has 1 heterocycles. The number of halogens is 2. The zero-order valence-corrected chi connectivity index (χ0v) is 7.47. The third-order valence-electron chi connectivity index (χ3n) is 2.02. The molecular formula is C5H10Cl2Si. The topological polar surface area (TPSA) is 0 Å². The predicted molar refractivity (Wildman–Crippen MR) is 41.3 cm³/mol. The molecule has 1 fully saturated rings. The van der Waals surface area contributed by atoms with Gasteiger partial charge < -0.3 is 0 Å². The lowest BCUT2D eigenvalue weighted by Gasteiger charge is -2.36. The van der Waals surface area contributed by atoms with E-state index in [1.54, 1.807) is 0 Å². The molecule has 3 heteroatoms. The average molecular weight is 169 g/mol. The van der Waals surface area contributed by atoms with E-state index < -0.39 is 8.07 Å². The van der Waals surface area contributed by atoms with Crippen LogP contribution in [0.3, 0.4) is 0 Å². The van der Waals surface area contributed by atoms with E-state index in [9.17, 15) is 0 Å². The van der Waals surface area contributed by atoms with E-state index in [1.807, 2.05) is 0 Å². The van der Waals surface area contributed by atoms with Gasteiger partial charge in [-0.2, -0.15) is 0 Å². The van der Waals surface area contributed by atoms with Gasteiger partial charge in [-0.3, -0.25) is 0 Å². The number of hydrogen-bond donors (Lipinski definition) is 0. The summed E-state index contributed by atoms with van der Waals surface area (Å²) in [5.41, 5.74) is 0. The molecule has 0 bridgehead atoms. The minimum absolute atomic E-state index is 0.0174. The van der Waals surface area contributed by atoms with Crippen molar-refractivity contribution in [3.05, 3.63) is 0 Å². The second-order valence-electron chi connectivity index (χ2n) is 2.81. The molecule has 0 atom stereocenters. The summed E-state index contributed by atoms with van der Waals surface area (Å²) in [7, 11) is -1.04. The molecule has 0 aromatic carbocycles. The zero-order valence-electron chi connectivity index (χ0n) is 4.95. The van der Waals surface area contributed by atoms with Crippen molar-refractivity contribution >= 4 is 31.3 Å². The SMILES string of the molecule is C[Si]1(C(Cl)Cl)CCC1. The molecule has 0 radical (unpaired) electrons. The Morgan fingerprint density at radius 3 is 1.88 bits per heavy atom. The molecule has 0 unspecified atom stereocenters. The first kappa shape index (κ1) is 6.91. The van der Waals surface area contributed by atoms with Crippen LogP contribution in [0.5, 0.6) is 0 Å². The maximum Gasteiger partial charge on any atom is 0.0974 e. The summed E-state index contributed by atoms with van der Waals surface area (Å²) in [4.78, 5) is 0. The minimum atomic E-state index is -1.04. The Morgan fingerprint density at radius 1 is 1.38 bits per heavy atom. The van der Waals surface area contributed by atoms with E-state index in [0.29, 0.717) is 0 Å². The third kappa shape index (κ3) is 1.04. The minimum Gasteiger partial charge on any atom is -0.109 e. The maximum absolute atomic E-state index is 5.75. The Hall–Kier alpha value is 0.797. The van der Waals surface area contributed by atoms with E-state index >= 15 is 0 Å². The molecule has 0 amide bonds. The second-order valence-corrected chi connectivity index (χ2v) is 9.52. The van der Waals surface area contributed by atoms with Crippen LogP contribution in [0.1, 0.15) is 6.42 Å². The average Bonchev–Trinajstić information content (AvgIpc) is 1.60. The van der Waals surface area contributed by atoms with Gasteiger partial charge in [-0.05, 0) is 0 Å². The number of hydrogen-bond acceptors (Lipinski definition) is 0. The first-order chi connectivity index (χ1) is 3.65. The lowest BCUT2D eigenvalue weighted by Crippen LogP contribution is -2.44. The fraction of sp³-hybridized carbons (Fsp3) is 1.00. The summed E-state index contributed by atoms with van der Waals surface area (Å²) in [6, 6.07) is 2.68. The fourth-order valence-electron chi connectivity index (χ4n) is 0.953. The van der Waals surface area contributed by atoms with Gasteiger partial charge in [0, 0.05) is 0 Å². The fourth-order valence-corrected chi connectivity index (χ4v) is 4.17. The summed E-state index contributed by atoms with van der Waals surface area (Å²) in [5, 5.41) is 0. The zero-order chi connectivity index (χ0) is 6.20. The van der Waals surface area contributed by atoms with Gasteiger partial charge in [0.05, 0.1) is 12.5 Å². The van der Waals surface area contributed by atoms with Gasteiger partial charge in [0.2, 0.25) is 0 Å². The molecule has 0 nitrogen and oxygen atoms in total. The van der Waals surface area contributed by atoms with Crippen LogP contribution in [0.15, 0.2) is 0 Å². The summed E-state index contributed by atoms with van der Waals surface area (Å²) >= 11 is 11.5. The summed E-state index contributed by atoms with van der Waals surface area (Å²) in [6.45, 7) is 2.28. The smallest absolute Gasteiger partial charge is 0.0974 e. The highest BCUT2D eigenvalue weighted by Crippen LogP contribution is 2.38. The van der Waals surface area contributed by atoms with Crippen molar-refractivity contribution in [1.82, 2.24) is 0 Å². The van der Waals surface area contributed by atoms with Gasteiger partial charge in [0.1, 0.15) is 0 Å². The van der Waals surface area contributed by atoms with Gasteiger partial charge in [0.25, 0.3) is 0 Å². The van der Waals surface area contributed by atoms with Gasteiger partial charge in [-0.15, -0.1) is 23.2 Å². The van der Waals surface area contributed by atoms with E-state index in [1.165, 1.54) is 18.5 Å². The predicted octanol–water partition coefficient (Wildman–Crippen LogP) is 2.81. The van der Waals surface area contributed by atoms with Crippen molar-refractivity contribution in [2.45, 2.75) is 29.5 Å². The number of alkyl halides is 2. The van der Waals surface area contributed by atoms with Crippen LogP contribution in [-0.4, -0.2) is 12.5 Å². The highest BCUT2D eigenvalue weighted by Gasteiger charge is 2.40. The van der Waals surface area contributed by atoms with Crippen molar-refractivity contribution in [2.75, 3.05) is 0 Å². The molecule has 0 spiro atoms. The van der Waals surface area contributed by atoms with Crippen molar-refractivity contribution in [3.63, 3.8) is 0 Å². The Balaban J connectivity index is 2.41. The largest absolute Gasteiger partial charge is 0.109 e. The van der Waals surface area contributed by atoms with Crippen LogP contribution >= 0.6 is 23.2 Å². The molecule has 1 saturated heterocycles. The maximum atomic E-state index is 5.75. The van der Waals surface area contributed by atoms with Gasteiger partial charge in [0.15, 0.2) is 0 Å². The third-order valence-corrected chi connectivity index (χ3v) is 9.23. The molecule has 0 saturated carbocycles. The first-order valence-corrected chi connectivity index (χ1v) is 6.80. The van der Waals surface area contributed by atoms with Gasteiger partial charge in [-0.1, -0.05) is 25.1 Å². The molecule has 0 N–H and O–H groups in total. The highest BCUT2D eigenvalue weighted by atomic mass is 35.5. The van der Waals surface area contributed by atoms with E-state index in [-0.39, 0.29) is 4.46 Å². The highest BCUT2D eigenvalue weighted by molar-refractivity contribution is 6.94. The van der Waals surface area contributed by atoms with Crippen LogP contribution in [0.2, 0.25) is 18.6 Å². The molecule has 0 aromatic rings. The standard InChI is InChI=1S/C5H10Cl2Si/c1-8(5(6)7)3-2-4-8/h5H,2-4H2,1H3. The molecule has 1 aliphatic heterocycles. The second kappa shape index (κ2) is 2.20. The lowest BCUT2D eigenvalue weighted by atomic mass is 10.5. The van der Waals surface area contributed by atoms with Crippen molar-refractivity contribution in [2.24, 2.45) is 0 Å². The van der Waals surface area contributed by atoms with Gasteiger partial charge >= 0.3 is 0 Å². The van der Waals surface area contributed by atoms with Crippen LogP contribution < -0.4 is 0 Å². The van der Waals surface area contributed by atoms with E-state index in [4.69, 9.17) is 23.2 Å². The Bertz CT molecular complexity index is 88.4. The Labute approximate surface area is 61.2 Å². The van der Waals surface area contributed by atoms with Crippen molar-refractivity contribution in [1.29, 1.82) is 0 Å². The molecule has 8 heavy (non-hydrogen) atoms. The first-order valence-electron chi connectivity index (χ1n) is 2.93. The monoisotopic (exact) mass is 168 g/mol. The molecule has 1 aliphatic rings. The Kier molecular flexibility index (Phi) is 1.90. The molecule has 48 valence electrons. The summed E-state index contributed by atoms with van der Waals surface area (Å²) in [6.07, 6.45) is 1.36. The normalized spacial score (nSPS) is 25.5. The molecule has 1 rings (SSSR count). The van der Waals surface area contributed by atoms with Gasteiger partial charge in [-0.25, -0.2) is 0 Å². The van der Waals surface area contributed by atoms with Crippen LogP contribution in [0, 0.1) is 0 Å². The van der Waals surface area contributed by atoms with Crippen LogP contribution in [0.4, 0.5) is 0 Å². The lowest BCUT2D eigenvalue weighted by molar-refractivity contribution is 0.896. The quantitative estimate of drug-likeness (QED) is 0.418. The van der Waals surface area contributed by atoms with Crippen LogP contribution in [-0.2, 0) is 0 Å². The van der Waals surface area contributed by atoms with E-state index in [0.717, 1.165) is 0 Å².